The molecule has 9 heteroatoms. The van der Waals surface area contributed by atoms with Crippen molar-refractivity contribution in [3.05, 3.63) is 78.0 Å². The van der Waals surface area contributed by atoms with Crippen molar-refractivity contribution in [3.8, 4) is 0 Å². The molecule has 1 heterocycles. The minimum Gasteiger partial charge on any atom is -0.304 e. The molecule has 1 aliphatic rings. The number of amides is 4. The molecule has 0 saturated heterocycles. The van der Waals surface area contributed by atoms with Crippen molar-refractivity contribution >= 4 is 29.3 Å². The van der Waals surface area contributed by atoms with E-state index in [0.717, 1.165) is 10.6 Å². The first kappa shape index (κ1) is 27.6. The largest absolute Gasteiger partial charge is 0.304 e. The Bertz CT molecular complexity index is 1170. The number of benzene rings is 2. The minimum absolute atomic E-state index is 0.140. The van der Waals surface area contributed by atoms with Crippen LogP contribution in [0.3, 0.4) is 0 Å². The van der Waals surface area contributed by atoms with Crippen molar-refractivity contribution in [1.82, 2.24) is 20.0 Å². The number of hydrogen-bond acceptors (Lipinski definition) is 5. The van der Waals surface area contributed by atoms with Gasteiger partial charge in [-0.25, -0.2) is 15.1 Å². The van der Waals surface area contributed by atoms with Crippen molar-refractivity contribution < 1.29 is 24.0 Å². The van der Waals surface area contributed by atoms with Gasteiger partial charge in [0.05, 0.1) is 12.8 Å². The van der Waals surface area contributed by atoms with Crippen LogP contribution in [0.25, 0.3) is 5.70 Å². The van der Waals surface area contributed by atoms with Crippen LogP contribution in [0, 0.1) is 5.92 Å². The fourth-order valence-corrected chi connectivity index (χ4v) is 4.47. The maximum atomic E-state index is 14.2. The van der Waals surface area contributed by atoms with Gasteiger partial charge in [0.15, 0.2) is 0 Å². The molecule has 0 N–H and O–H groups in total. The van der Waals surface area contributed by atoms with Crippen molar-refractivity contribution in [2.24, 2.45) is 5.92 Å². The predicted octanol–water partition coefficient (Wildman–Crippen LogP) is 3.09. The molecule has 0 fully saturated rings. The molecule has 0 bridgehead atoms. The first-order valence-corrected chi connectivity index (χ1v) is 12.1. The van der Waals surface area contributed by atoms with Gasteiger partial charge in [0, 0.05) is 39.1 Å². The summed E-state index contributed by atoms with van der Waals surface area (Å²) in [5.74, 6) is -2.05. The monoisotopic (exact) mass is 506 g/mol. The number of carbonyl (C=O) groups is 4. The number of likely N-dealkylation sites (N-methyl/N-ethyl adjacent to an activating group) is 1. The molecule has 196 valence electrons. The molecule has 2 atom stereocenters. The van der Waals surface area contributed by atoms with Gasteiger partial charge >= 0.3 is 0 Å². The molecule has 0 spiro atoms. The first-order valence-electron chi connectivity index (χ1n) is 12.1. The molecule has 1 aliphatic heterocycles. The Morgan fingerprint density at radius 1 is 0.973 bits per heavy atom. The van der Waals surface area contributed by atoms with Crippen LogP contribution < -0.4 is 0 Å². The van der Waals surface area contributed by atoms with Gasteiger partial charge in [-0.2, -0.15) is 0 Å². The number of rotatable bonds is 8. The van der Waals surface area contributed by atoms with Crippen molar-refractivity contribution in [1.29, 1.82) is 0 Å². The molecule has 1 unspecified atom stereocenters. The maximum absolute atomic E-state index is 14.2. The van der Waals surface area contributed by atoms with Gasteiger partial charge in [-0.15, -0.1) is 0 Å². The van der Waals surface area contributed by atoms with Crippen LogP contribution in [0.1, 0.15) is 38.8 Å². The number of carbonyl (C=O) groups excluding carboxylic acids is 4. The predicted molar refractivity (Wildman–Crippen MR) is 139 cm³/mol. The third-order valence-corrected chi connectivity index (χ3v) is 6.29. The van der Waals surface area contributed by atoms with Gasteiger partial charge in [-0.05, 0) is 11.5 Å². The molecule has 0 radical (unpaired) electrons. The van der Waals surface area contributed by atoms with Crippen LogP contribution in [0.15, 0.2) is 66.9 Å². The van der Waals surface area contributed by atoms with Crippen LogP contribution in [-0.2, 0) is 30.4 Å². The third-order valence-electron chi connectivity index (χ3n) is 6.29. The summed E-state index contributed by atoms with van der Waals surface area (Å²) in [4.78, 5) is 60.3. The number of hydroxylamine groups is 2. The van der Waals surface area contributed by atoms with E-state index in [-0.39, 0.29) is 18.2 Å². The Hall–Kier alpha value is -3.98. The van der Waals surface area contributed by atoms with Crippen LogP contribution in [0.2, 0.25) is 0 Å². The number of hydrogen-bond donors (Lipinski definition) is 0. The normalized spacial score (nSPS) is 16.4. The highest BCUT2D eigenvalue weighted by Gasteiger charge is 2.46. The first-order chi connectivity index (χ1) is 17.6. The van der Waals surface area contributed by atoms with Gasteiger partial charge < -0.3 is 4.90 Å². The summed E-state index contributed by atoms with van der Waals surface area (Å²) >= 11 is 0. The SMILES string of the molecule is CON(C)C(=O)[C@H](Cc1ccccc1)N(C(C)=O)N1C(=O)C(C(C)C)N(C(C)=O)C=C1c1ccccc1. The Morgan fingerprint density at radius 3 is 2.03 bits per heavy atom. The van der Waals surface area contributed by atoms with Crippen molar-refractivity contribution in [3.63, 3.8) is 0 Å². The molecule has 2 aromatic carbocycles. The topological polar surface area (TPSA) is 90.5 Å². The van der Waals surface area contributed by atoms with Crippen molar-refractivity contribution in [2.75, 3.05) is 14.2 Å². The van der Waals surface area contributed by atoms with E-state index in [9.17, 15) is 19.2 Å². The fourth-order valence-electron chi connectivity index (χ4n) is 4.47. The molecule has 0 aliphatic carbocycles. The summed E-state index contributed by atoms with van der Waals surface area (Å²) < 4.78 is 0. The van der Waals surface area contributed by atoms with Crippen LogP contribution in [0.5, 0.6) is 0 Å². The zero-order valence-corrected chi connectivity index (χ0v) is 22.1. The molecule has 4 amide bonds. The van der Waals surface area contributed by atoms with Gasteiger partial charge in [0.2, 0.25) is 11.8 Å². The highest BCUT2D eigenvalue weighted by Crippen LogP contribution is 2.33. The van der Waals surface area contributed by atoms with Crippen molar-refractivity contribution in [2.45, 2.75) is 46.2 Å². The second-order valence-electron chi connectivity index (χ2n) is 9.23. The van der Waals surface area contributed by atoms with Crippen LogP contribution in [-0.4, -0.2) is 69.9 Å². The lowest BCUT2D eigenvalue weighted by Gasteiger charge is -2.47. The summed E-state index contributed by atoms with van der Waals surface area (Å²) in [6, 6.07) is 16.3. The van der Waals surface area contributed by atoms with Crippen LogP contribution >= 0.6 is 0 Å². The highest BCUT2D eigenvalue weighted by atomic mass is 16.7. The van der Waals surface area contributed by atoms with Gasteiger partial charge in [0.1, 0.15) is 12.1 Å². The zero-order valence-electron chi connectivity index (χ0n) is 22.1. The Balaban J connectivity index is 2.25. The standard InChI is InChI=1S/C28H34N4O5/c1-19(2)26-28(36)32(25(18-30(26)20(3)33)23-15-11-8-12-16-23)31(21(4)34)24(27(35)29(5)37-6)17-22-13-9-7-10-14-22/h7-16,18-19,24,26H,17H2,1-6H3/t24-,26?/m0/s1. The summed E-state index contributed by atoms with van der Waals surface area (Å²) in [6.45, 7) is 6.38. The minimum atomic E-state index is -1.10. The molecule has 37 heavy (non-hydrogen) atoms. The lowest BCUT2D eigenvalue weighted by atomic mass is 9.97. The Labute approximate surface area is 217 Å². The summed E-state index contributed by atoms with van der Waals surface area (Å²) in [5, 5.41) is 3.50. The average Bonchev–Trinajstić information content (AvgIpc) is 2.88. The fraction of sp³-hybridized carbons (Fsp3) is 0.357. The Morgan fingerprint density at radius 2 is 1.54 bits per heavy atom. The van der Waals surface area contributed by atoms with E-state index < -0.39 is 29.8 Å². The molecule has 3 rings (SSSR count). The van der Waals surface area contributed by atoms with E-state index in [2.05, 4.69) is 0 Å². The highest BCUT2D eigenvalue weighted by molar-refractivity contribution is 5.99. The zero-order chi connectivity index (χ0) is 27.3. The number of hydrazine groups is 1. The lowest BCUT2D eigenvalue weighted by Crippen LogP contribution is -2.64. The van der Waals surface area contributed by atoms with Crippen LogP contribution in [0.4, 0.5) is 0 Å². The van der Waals surface area contributed by atoms with E-state index in [0.29, 0.717) is 11.3 Å². The number of nitrogens with zero attached hydrogens (tertiary/aromatic N) is 4. The quantitative estimate of drug-likeness (QED) is 0.514. The van der Waals surface area contributed by atoms with E-state index in [1.165, 1.54) is 42.9 Å². The molecular formula is C28H34N4O5. The third kappa shape index (κ3) is 5.89. The average molecular weight is 507 g/mol. The molecule has 0 saturated carbocycles. The van der Waals surface area contributed by atoms with E-state index in [4.69, 9.17) is 4.84 Å². The second-order valence-corrected chi connectivity index (χ2v) is 9.23. The molecule has 2 aromatic rings. The van der Waals surface area contributed by atoms with E-state index >= 15 is 0 Å². The van der Waals surface area contributed by atoms with Gasteiger partial charge in [0.25, 0.3) is 11.8 Å². The smallest absolute Gasteiger partial charge is 0.271 e. The summed E-state index contributed by atoms with van der Waals surface area (Å²) in [5.41, 5.74) is 1.73. The maximum Gasteiger partial charge on any atom is 0.271 e. The molecule has 0 aromatic heterocycles. The molecular weight excluding hydrogens is 472 g/mol. The van der Waals surface area contributed by atoms with E-state index in [1.807, 2.05) is 50.2 Å². The molecule has 9 nitrogen and oxygen atoms in total. The summed E-state index contributed by atoms with van der Waals surface area (Å²) in [7, 11) is 2.81. The lowest BCUT2D eigenvalue weighted by molar-refractivity contribution is -0.186. The van der Waals surface area contributed by atoms with E-state index in [1.54, 1.807) is 30.5 Å². The second kappa shape index (κ2) is 11.8. The summed E-state index contributed by atoms with van der Waals surface area (Å²) in [6.07, 6.45) is 1.73. The Kier molecular flexibility index (Phi) is 8.83. The van der Waals surface area contributed by atoms with Gasteiger partial charge in [-0.1, -0.05) is 74.5 Å². The van der Waals surface area contributed by atoms with Gasteiger partial charge in [-0.3, -0.25) is 24.0 Å².